The molecule has 2 aliphatic heterocycles. The van der Waals surface area contributed by atoms with E-state index in [0.29, 0.717) is 0 Å². The SMILES string of the molecule is CC(=O)OC1[C@@H](O)[C@H]2OC(c3ccccc3)OCC2O[C@H]1Sc1ccccc1. The van der Waals surface area contributed by atoms with E-state index in [1.807, 2.05) is 60.7 Å². The van der Waals surface area contributed by atoms with Gasteiger partial charge in [0.05, 0.1) is 6.61 Å². The van der Waals surface area contributed by atoms with E-state index in [1.165, 1.54) is 18.7 Å². The van der Waals surface area contributed by atoms with E-state index < -0.39 is 42.1 Å². The highest BCUT2D eigenvalue weighted by Gasteiger charge is 2.51. The van der Waals surface area contributed by atoms with Crippen LogP contribution in [0.4, 0.5) is 0 Å². The zero-order chi connectivity index (χ0) is 19.5. The van der Waals surface area contributed by atoms with Crippen LogP contribution in [0.5, 0.6) is 0 Å². The number of aliphatic hydroxyl groups excluding tert-OH is 1. The number of aliphatic hydroxyl groups is 1. The van der Waals surface area contributed by atoms with Gasteiger partial charge in [-0.1, -0.05) is 60.3 Å². The Morgan fingerprint density at radius 3 is 2.43 bits per heavy atom. The monoisotopic (exact) mass is 402 g/mol. The van der Waals surface area contributed by atoms with Gasteiger partial charge in [-0.3, -0.25) is 4.79 Å². The second-order valence-corrected chi connectivity index (χ2v) is 7.89. The maximum Gasteiger partial charge on any atom is 0.303 e. The molecule has 148 valence electrons. The maximum atomic E-state index is 11.6. The van der Waals surface area contributed by atoms with Gasteiger partial charge in [-0.25, -0.2) is 0 Å². The van der Waals surface area contributed by atoms with Crippen molar-refractivity contribution in [3.63, 3.8) is 0 Å². The Balaban J connectivity index is 1.53. The largest absolute Gasteiger partial charge is 0.456 e. The summed E-state index contributed by atoms with van der Waals surface area (Å²) in [5, 5.41) is 11.0. The first-order chi connectivity index (χ1) is 13.6. The number of carbonyl (C=O) groups excluding carboxylic acids is 1. The number of rotatable bonds is 4. The molecule has 1 N–H and O–H groups in total. The fourth-order valence-corrected chi connectivity index (χ4v) is 4.52. The van der Waals surface area contributed by atoms with Crippen LogP contribution in [0, 0.1) is 0 Å². The topological polar surface area (TPSA) is 74.2 Å². The van der Waals surface area contributed by atoms with Gasteiger partial charge in [0.25, 0.3) is 0 Å². The van der Waals surface area contributed by atoms with E-state index in [0.717, 1.165) is 10.5 Å². The second kappa shape index (κ2) is 8.63. The van der Waals surface area contributed by atoms with Crippen LogP contribution in [-0.2, 0) is 23.7 Å². The minimum absolute atomic E-state index is 0.278. The Labute approximate surface area is 167 Å². The van der Waals surface area contributed by atoms with Crippen LogP contribution in [0.2, 0.25) is 0 Å². The van der Waals surface area contributed by atoms with Gasteiger partial charge in [-0.15, -0.1) is 0 Å². The number of ether oxygens (including phenoxy) is 4. The van der Waals surface area contributed by atoms with E-state index in [9.17, 15) is 9.90 Å². The van der Waals surface area contributed by atoms with Crippen LogP contribution < -0.4 is 0 Å². The molecule has 3 unspecified atom stereocenters. The Morgan fingerprint density at radius 1 is 1.07 bits per heavy atom. The summed E-state index contributed by atoms with van der Waals surface area (Å²) in [6, 6.07) is 19.2. The van der Waals surface area contributed by atoms with Crippen molar-refractivity contribution in [3.05, 3.63) is 66.2 Å². The van der Waals surface area contributed by atoms with Gasteiger partial charge in [-0.2, -0.15) is 0 Å². The lowest BCUT2D eigenvalue weighted by Gasteiger charge is -2.47. The van der Waals surface area contributed by atoms with Crippen molar-refractivity contribution in [3.8, 4) is 0 Å². The summed E-state index contributed by atoms with van der Waals surface area (Å²) in [5.41, 5.74) is 0.293. The molecular formula is C21H22O6S. The molecule has 2 fully saturated rings. The first-order valence-electron chi connectivity index (χ1n) is 9.16. The van der Waals surface area contributed by atoms with Gasteiger partial charge in [0.2, 0.25) is 0 Å². The van der Waals surface area contributed by atoms with Crippen LogP contribution >= 0.6 is 11.8 Å². The molecule has 7 heteroatoms. The first kappa shape index (κ1) is 19.4. The van der Waals surface area contributed by atoms with Gasteiger partial charge in [0.15, 0.2) is 12.4 Å². The molecule has 0 spiro atoms. The average molecular weight is 402 g/mol. The van der Waals surface area contributed by atoms with Crippen molar-refractivity contribution >= 4 is 17.7 Å². The lowest BCUT2D eigenvalue weighted by molar-refractivity contribution is -0.319. The molecule has 0 aromatic heterocycles. The van der Waals surface area contributed by atoms with E-state index in [1.54, 1.807) is 0 Å². The van der Waals surface area contributed by atoms with Gasteiger partial charge in [0.1, 0.15) is 23.7 Å². The Morgan fingerprint density at radius 2 is 1.75 bits per heavy atom. The normalized spacial score (nSPS) is 32.4. The number of fused-ring (bicyclic) bond motifs is 1. The van der Waals surface area contributed by atoms with Crippen molar-refractivity contribution in [2.24, 2.45) is 0 Å². The molecule has 4 rings (SSSR count). The summed E-state index contributed by atoms with van der Waals surface area (Å²) in [6.45, 7) is 1.60. The summed E-state index contributed by atoms with van der Waals surface area (Å²) in [4.78, 5) is 12.6. The minimum Gasteiger partial charge on any atom is -0.456 e. The van der Waals surface area contributed by atoms with Crippen molar-refractivity contribution < 1.29 is 28.8 Å². The van der Waals surface area contributed by atoms with Gasteiger partial charge >= 0.3 is 5.97 Å². The van der Waals surface area contributed by atoms with Gasteiger partial charge < -0.3 is 24.1 Å². The molecule has 6 nitrogen and oxygen atoms in total. The first-order valence-corrected chi connectivity index (χ1v) is 10.0. The van der Waals surface area contributed by atoms with Crippen LogP contribution in [0.3, 0.4) is 0 Å². The molecule has 2 saturated heterocycles. The smallest absolute Gasteiger partial charge is 0.303 e. The van der Waals surface area contributed by atoms with Crippen LogP contribution in [0.15, 0.2) is 65.6 Å². The third-order valence-electron chi connectivity index (χ3n) is 4.68. The van der Waals surface area contributed by atoms with E-state index in [4.69, 9.17) is 18.9 Å². The molecule has 2 aromatic rings. The Hall–Kier alpha value is -1.90. The molecule has 2 aromatic carbocycles. The standard InChI is InChI=1S/C21H22O6S/c1-13(22)25-19-17(23)18-16(26-21(19)28-15-10-6-3-7-11-15)12-24-20(27-18)14-8-4-2-5-9-14/h2-11,16-21,23H,12H2,1H3/t16?,17-,18-,19?,20?,21-/m0/s1. The number of esters is 1. The van der Waals surface area contributed by atoms with Crippen molar-refractivity contribution in [1.82, 2.24) is 0 Å². The van der Waals surface area contributed by atoms with Crippen LogP contribution in [-0.4, -0.2) is 47.5 Å². The highest BCUT2D eigenvalue weighted by Crippen LogP contribution is 2.39. The maximum absolute atomic E-state index is 11.6. The highest BCUT2D eigenvalue weighted by atomic mass is 32.2. The van der Waals surface area contributed by atoms with E-state index in [2.05, 4.69) is 0 Å². The summed E-state index contributed by atoms with van der Waals surface area (Å²) < 4.78 is 23.4. The quantitative estimate of drug-likeness (QED) is 0.788. The Kier molecular flexibility index (Phi) is 5.99. The van der Waals surface area contributed by atoms with E-state index in [-0.39, 0.29) is 6.61 Å². The molecule has 28 heavy (non-hydrogen) atoms. The molecule has 0 amide bonds. The number of hydrogen-bond acceptors (Lipinski definition) is 7. The molecule has 0 saturated carbocycles. The Bertz CT molecular complexity index is 786. The minimum atomic E-state index is -1.03. The molecule has 2 heterocycles. The number of carbonyl (C=O) groups is 1. The van der Waals surface area contributed by atoms with Crippen molar-refractivity contribution in [2.45, 2.75) is 48.0 Å². The fourth-order valence-electron chi connectivity index (χ4n) is 3.39. The fraction of sp³-hybridized carbons (Fsp3) is 0.381. The summed E-state index contributed by atoms with van der Waals surface area (Å²) >= 11 is 1.40. The molecule has 6 atom stereocenters. The summed E-state index contributed by atoms with van der Waals surface area (Å²) in [7, 11) is 0. The number of thioether (sulfide) groups is 1. The average Bonchev–Trinajstić information content (AvgIpc) is 2.72. The molecular weight excluding hydrogens is 380 g/mol. The second-order valence-electron chi connectivity index (χ2n) is 6.72. The van der Waals surface area contributed by atoms with Gasteiger partial charge in [0, 0.05) is 17.4 Å². The van der Waals surface area contributed by atoms with Gasteiger partial charge in [-0.05, 0) is 12.1 Å². The van der Waals surface area contributed by atoms with Crippen molar-refractivity contribution in [1.29, 1.82) is 0 Å². The third kappa shape index (κ3) is 4.24. The van der Waals surface area contributed by atoms with Crippen LogP contribution in [0.25, 0.3) is 0 Å². The predicted molar refractivity (Wildman–Crippen MR) is 103 cm³/mol. The predicted octanol–water partition coefficient (Wildman–Crippen LogP) is 2.91. The zero-order valence-electron chi connectivity index (χ0n) is 15.3. The van der Waals surface area contributed by atoms with Crippen LogP contribution in [0.1, 0.15) is 18.8 Å². The van der Waals surface area contributed by atoms with Crippen molar-refractivity contribution in [2.75, 3.05) is 6.61 Å². The van der Waals surface area contributed by atoms with E-state index >= 15 is 0 Å². The lowest BCUT2D eigenvalue weighted by atomic mass is 9.98. The summed E-state index contributed by atoms with van der Waals surface area (Å²) in [5.74, 6) is -0.476. The third-order valence-corrected chi connectivity index (χ3v) is 5.83. The zero-order valence-corrected chi connectivity index (χ0v) is 16.2. The molecule has 2 aliphatic rings. The molecule has 0 radical (unpaired) electrons. The molecule has 0 bridgehead atoms. The number of hydrogen-bond donors (Lipinski definition) is 1. The molecule has 0 aliphatic carbocycles. The highest BCUT2D eigenvalue weighted by molar-refractivity contribution is 7.99. The lowest BCUT2D eigenvalue weighted by Crippen LogP contribution is -2.61. The number of benzene rings is 2. The summed E-state index contributed by atoms with van der Waals surface area (Å²) in [6.07, 6.45) is -3.59.